The number of hydrogen-bond acceptors (Lipinski definition) is 1. The molecule has 0 aromatic carbocycles. The molecule has 0 fully saturated rings. The van der Waals surface area contributed by atoms with Crippen molar-refractivity contribution in [3.63, 3.8) is 0 Å². The minimum absolute atomic E-state index is 0. The van der Waals surface area contributed by atoms with Crippen LogP contribution in [0.4, 0.5) is 4.79 Å². The van der Waals surface area contributed by atoms with E-state index in [1.807, 2.05) is 0 Å². The normalized spacial score (nSPS) is 5.44. The maximum Gasteiger partial charge on any atom is 1.00 e. The Hall–Kier alpha value is 1.54. The summed E-state index contributed by atoms with van der Waals surface area (Å²) in [5.41, 5.74) is 0. The fourth-order valence-electron chi connectivity index (χ4n) is 0. The molecule has 3 nitrogen and oxygen atoms in total. The van der Waals surface area contributed by atoms with Crippen LogP contribution < -0.4 is 68.9 Å². The minimum atomic E-state index is -1.83. The van der Waals surface area contributed by atoms with Crippen molar-refractivity contribution in [1.29, 1.82) is 0 Å². The molecule has 0 amide bonds. The van der Waals surface area contributed by atoms with E-state index < -0.39 is 6.16 Å². The molecule has 50 valence electrons. The molecule has 0 rings (SSSR count). The second kappa shape index (κ2) is 16.3. The average molecular weight is 317 g/mol. The van der Waals surface area contributed by atoms with Gasteiger partial charge in [0, 0.05) is 5.33 Å². The van der Waals surface area contributed by atoms with Crippen LogP contribution in [0.15, 0.2) is 12.7 Å². The first-order valence-electron chi connectivity index (χ1n) is 1.74. The van der Waals surface area contributed by atoms with Crippen LogP contribution in [0, 0.1) is 0 Å². The molecule has 0 aromatic rings. The third-order valence-corrected chi connectivity index (χ3v) is 0.567. The van der Waals surface area contributed by atoms with Gasteiger partial charge in [0.05, 0.1) is 0 Å². The summed E-state index contributed by atoms with van der Waals surface area (Å²) in [6.45, 7) is 3.43. The number of carboxylic acid groups (broad SMARTS) is 2. The smallest absolute Gasteiger partial charge is 1.00 e. The molecule has 0 spiro atoms. The summed E-state index contributed by atoms with van der Waals surface area (Å²) in [6, 6.07) is 0. The van der Waals surface area contributed by atoms with Gasteiger partial charge in [-0.05, 0) is 0 Å². The first kappa shape index (κ1) is 16.9. The van der Waals surface area contributed by atoms with E-state index in [1.54, 1.807) is 6.08 Å². The van der Waals surface area contributed by atoms with Gasteiger partial charge in [-0.15, -0.1) is 6.58 Å². The summed E-state index contributed by atoms with van der Waals surface area (Å²) in [7, 11) is 0. The number of hydrogen-bond donors (Lipinski definition) is 2. The van der Waals surface area contributed by atoms with E-state index >= 15 is 0 Å². The van der Waals surface area contributed by atoms with E-state index in [9.17, 15) is 0 Å². The molecular formula is C4H8BrCsO3. The van der Waals surface area contributed by atoms with Crippen molar-refractivity contribution in [2.24, 2.45) is 0 Å². The van der Waals surface area contributed by atoms with Gasteiger partial charge in [-0.25, -0.2) is 4.79 Å². The number of alkyl halides is 1. The van der Waals surface area contributed by atoms with E-state index in [-0.39, 0.29) is 70.3 Å². The summed E-state index contributed by atoms with van der Waals surface area (Å²) in [4.78, 5) is 8.56. The van der Waals surface area contributed by atoms with Crippen LogP contribution in [0.5, 0.6) is 0 Å². The largest absolute Gasteiger partial charge is 1.00 e. The molecule has 9 heavy (non-hydrogen) atoms. The molecule has 0 aliphatic heterocycles. The SMILES string of the molecule is C=CCBr.O=C(O)O.[Cs+].[H-]. The summed E-state index contributed by atoms with van der Waals surface area (Å²) in [5, 5.41) is 14.8. The van der Waals surface area contributed by atoms with Crippen molar-refractivity contribution in [2.75, 3.05) is 5.33 Å². The van der Waals surface area contributed by atoms with Crippen LogP contribution >= 0.6 is 15.9 Å². The number of halogens is 1. The number of allylic oxidation sites excluding steroid dienone is 1. The number of carbonyl (C=O) groups is 1. The third kappa shape index (κ3) is 84.0. The summed E-state index contributed by atoms with van der Waals surface area (Å²) in [5.74, 6) is 0. The number of rotatable bonds is 1. The first-order chi connectivity index (χ1) is 3.65. The van der Waals surface area contributed by atoms with Crippen LogP contribution in [-0.2, 0) is 0 Å². The van der Waals surface area contributed by atoms with Crippen molar-refractivity contribution in [3.05, 3.63) is 12.7 Å². The molecule has 0 saturated carbocycles. The topological polar surface area (TPSA) is 57.5 Å². The van der Waals surface area contributed by atoms with Gasteiger partial charge >= 0.3 is 75.0 Å². The first-order valence-corrected chi connectivity index (χ1v) is 2.86. The Morgan fingerprint density at radius 1 is 1.78 bits per heavy atom. The predicted octanol–water partition coefficient (Wildman–Crippen LogP) is -1.09. The van der Waals surface area contributed by atoms with E-state index in [0.29, 0.717) is 0 Å². The van der Waals surface area contributed by atoms with Crippen molar-refractivity contribution in [3.8, 4) is 0 Å². The van der Waals surface area contributed by atoms with Crippen LogP contribution in [0.25, 0.3) is 0 Å². The Balaban J connectivity index is -0.0000000300. The molecule has 0 radical (unpaired) electrons. The molecular weight excluding hydrogens is 309 g/mol. The molecule has 0 heterocycles. The van der Waals surface area contributed by atoms with Gasteiger partial charge in [0.1, 0.15) is 0 Å². The van der Waals surface area contributed by atoms with Crippen LogP contribution in [0.1, 0.15) is 1.43 Å². The van der Waals surface area contributed by atoms with Gasteiger partial charge in [0.15, 0.2) is 0 Å². The molecule has 0 aliphatic rings. The van der Waals surface area contributed by atoms with Gasteiger partial charge in [0.2, 0.25) is 0 Å². The monoisotopic (exact) mass is 316 g/mol. The maximum absolute atomic E-state index is 8.56. The molecule has 5 heteroatoms. The average Bonchev–Trinajstić information content (AvgIpc) is 1.65. The van der Waals surface area contributed by atoms with E-state index in [4.69, 9.17) is 15.0 Å². The standard InChI is InChI=1S/C3H5Br.CH2O3.Cs.H/c1-2-3-4;2-1(3)4;;/h2H,1,3H2;(H2,2,3,4);;/q;;+1;-1. The Kier molecular flexibility index (Phi) is 30.5. The zero-order valence-electron chi connectivity index (χ0n) is 6.17. The molecule has 0 saturated heterocycles. The molecule has 0 unspecified atom stereocenters. The van der Waals surface area contributed by atoms with E-state index in [2.05, 4.69) is 22.5 Å². The van der Waals surface area contributed by atoms with Gasteiger partial charge in [-0.3, -0.25) is 0 Å². The van der Waals surface area contributed by atoms with Gasteiger partial charge < -0.3 is 11.6 Å². The van der Waals surface area contributed by atoms with Gasteiger partial charge in [-0.1, -0.05) is 22.0 Å². The Morgan fingerprint density at radius 2 is 1.89 bits per heavy atom. The van der Waals surface area contributed by atoms with Crippen molar-refractivity contribution < 1.29 is 85.3 Å². The Bertz CT molecular complexity index is 76.9. The van der Waals surface area contributed by atoms with Crippen molar-refractivity contribution in [2.45, 2.75) is 0 Å². The van der Waals surface area contributed by atoms with Crippen LogP contribution in [0.2, 0.25) is 0 Å². The fourth-order valence-corrected chi connectivity index (χ4v) is 0. The molecule has 0 aromatic heterocycles. The van der Waals surface area contributed by atoms with Crippen LogP contribution in [0.3, 0.4) is 0 Å². The second-order valence-electron chi connectivity index (χ2n) is 0.726. The quantitative estimate of drug-likeness (QED) is 0.477. The van der Waals surface area contributed by atoms with Crippen molar-refractivity contribution >= 4 is 22.1 Å². The summed E-state index contributed by atoms with van der Waals surface area (Å²) < 4.78 is 0. The summed E-state index contributed by atoms with van der Waals surface area (Å²) >= 11 is 3.13. The van der Waals surface area contributed by atoms with Gasteiger partial charge in [-0.2, -0.15) is 0 Å². The van der Waals surface area contributed by atoms with E-state index in [1.165, 1.54) is 0 Å². The zero-order chi connectivity index (χ0) is 6.99. The molecule has 0 bridgehead atoms. The third-order valence-electron chi connectivity index (χ3n) is 0.109. The molecule has 2 N–H and O–H groups in total. The Morgan fingerprint density at radius 3 is 1.89 bits per heavy atom. The fraction of sp³-hybridized carbons (Fsp3) is 0.250. The molecule has 0 atom stereocenters. The Labute approximate surface area is 123 Å². The van der Waals surface area contributed by atoms with Crippen molar-refractivity contribution in [1.82, 2.24) is 0 Å². The second-order valence-corrected chi connectivity index (χ2v) is 1.37. The maximum atomic E-state index is 8.56. The summed E-state index contributed by atoms with van der Waals surface area (Å²) in [6.07, 6.45) is -0.0417. The minimum Gasteiger partial charge on any atom is -1.00 e. The zero-order valence-corrected chi connectivity index (χ0v) is 13.0. The predicted molar refractivity (Wildman–Crippen MR) is 35.8 cm³/mol. The van der Waals surface area contributed by atoms with Gasteiger partial charge in [0.25, 0.3) is 0 Å². The molecule has 0 aliphatic carbocycles. The van der Waals surface area contributed by atoms with Crippen LogP contribution in [-0.4, -0.2) is 21.7 Å². The van der Waals surface area contributed by atoms with E-state index in [0.717, 1.165) is 5.33 Å².